The maximum atomic E-state index is 9.01. The van der Waals surface area contributed by atoms with Gasteiger partial charge in [-0.05, 0) is 23.8 Å². The average molecular weight is 355 g/mol. The largest absolute Gasteiger partial charge is 0.396 e. The third-order valence-corrected chi connectivity index (χ3v) is 4.16. The molecule has 6 nitrogen and oxygen atoms in total. The van der Waals surface area contributed by atoms with E-state index in [1.807, 2.05) is 53.2 Å². The SMILES string of the molecule is OCCc1noc(-c2nn(Cc3ccc(Cl)cc3)c3ccccc23)n1. The highest BCUT2D eigenvalue weighted by atomic mass is 35.5. The van der Waals surface area contributed by atoms with Crippen molar-refractivity contribution in [2.45, 2.75) is 13.0 Å². The monoisotopic (exact) mass is 354 g/mol. The zero-order chi connectivity index (χ0) is 17.2. The summed E-state index contributed by atoms with van der Waals surface area (Å²) >= 11 is 5.95. The van der Waals surface area contributed by atoms with Crippen LogP contribution in [-0.2, 0) is 13.0 Å². The Kier molecular flexibility index (Phi) is 4.21. The molecule has 2 heterocycles. The smallest absolute Gasteiger partial charge is 0.279 e. The van der Waals surface area contributed by atoms with E-state index in [9.17, 15) is 0 Å². The highest BCUT2D eigenvalue weighted by Crippen LogP contribution is 2.27. The summed E-state index contributed by atoms with van der Waals surface area (Å²) in [5.41, 5.74) is 2.71. The van der Waals surface area contributed by atoms with Gasteiger partial charge in [-0.15, -0.1) is 0 Å². The summed E-state index contributed by atoms with van der Waals surface area (Å²) in [5.74, 6) is 0.823. The number of halogens is 1. The molecule has 0 aliphatic carbocycles. The molecule has 4 rings (SSSR count). The first kappa shape index (κ1) is 15.8. The fraction of sp³-hybridized carbons (Fsp3) is 0.167. The highest BCUT2D eigenvalue weighted by Gasteiger charge is 2.18. The molecule has 0 spiro atoms. The van der Waals surface area contributed by atoms with Crippen LogP contribution in [-0.4, -0.2) is 31.6 Å². The molecule has 126 valence electrons. The second kappa shape index (κ2) is 6.66. The summed E-state index contributed by atoms with van der Waals surface area (Å²) in [6, 6.07) is 15.6. The van der Waals surface area contributed by atoms with Gasteiger partial charge in [-0.25, -0.2) is 0 Å². The van der Waals surface area contributed by atoms with Crippen LogP contribution in [0.2, 0.25) is 5.02 Å². The van der Waals surface area contributed by atoms with Gasteiger partial charge in [-0.1, -0.05) is 47.1 Å². The zero-order valence-corrected chi connectivity index (χ0v) is 14.0. The van der Waals surface area contributed by atoms with Crippen molar-refractivity contribution in [1.82, 2.24) is 19.9 Å². The predicted octanol–water partition coefficient (Wildman–Crippen LogP) is 3.32. The summed E-state index contributed by atoms with van der Waals surface area (Å²) in [5, 5.41) is 19.2. The van der Waals surface area contributed by atoms with Gasteiger partial charge in [0.25, 0.3) is 5.89 Å². The first-order chi connectivity index (χ1) is 12.2. The number of nitrogens with zero attached hydrogens (tertiary/aromatic N) is 4. The van der Waals surface area contributed by atoms with E-state index in [2.05, 4.69) is 15.2 Å². The van der Waals surface area contributed by atoms with Gasteiger partial charge in [-0.3, -0.25) is 4.68 Å². The fourth-order valence-corrected chi connectivity index (χ4v) is 2.85. The molecule has 0 aliphatic heterocycles. The molecule has 2 aromatic carbocycles. The Labute approximate surface area is 148 Å². The van der Waals surface area contributed by atoms with Crippen molar-refractivity contribution >= 4 is 22.5 Å². The Balaban J connectivity index is 1.76. The van der Waals surface area contributed by atoms with E-state index in [-0.39, 0.29) is 6.61 Å². The van der Waals surface area contributed by atoms with Crippen LogP contribution >= 0.6 is 11.6 Å². The number of benzene rings is 2. The van der Waals surface area contributed by atoms with Crippen LogP contribution in [0.5, 0.6) is 0 Å². The second-order valence-corrected chi connectivity index (χ2v) is 6.08. The summed E-state index contributed by atoms with van der Waals surface area (Å²) < 4.78 is 7.23. The van der Waals surface area contributed by atoms with Crippen molar-refractivity contribution in [3.63, 3.8) is 0 Å². The topological polar surface area (TPSA) is 77.0 Å². The van der Waals surface area contributed by atoms with E-state index in [0.717, 1.165) is 16.5 Å². The number of para-hydroxylation sites is 1. The van der Waals surface area contributed by atoms with Gasteiger partial charge in [0.1, 0.15) is 0 Å². The van der Waals surface area contributed by atoms with Crippen LogP contribution in [0, 0.1) is 0 Å². The van der Waals surface area contributed by atoms with Gasteiger partial charge in [-0.2, -0.15) is 10.1 Å². The number of hydrogen-bond donors (Lipinski definition) is 1. The Hall–Kier alpha value is -2.70. The standard InChI is InChI=1S/C18H15ClN4O2/c19-13-7-5-12(6-8-13)11-23-15-4-2-1-3-14(15)17(21-23)18-20-16(9-10-24)22-25-18/h1-8,24H,9-11H2. The van der Waals surface area contributed by atoms with Crippen molar-refractivity contribution in [3.8, 4) is 11.6 Å². The van der Waals surface area contributed by atoms with Crippen LogP contribution in [0.25, 0.3) is 22.5 Å². The molecular weight excluding hydrogens is 340 g/mol. The molecule has 0 bridgehead atoms. The third kappa shape index (κ3) is 3.14. The molecule has 0 atom stereocenters. The molecular formula is C18H15ClN4O2. The van der Waals surface area contributed by atoms with E-state index >= 15 is 0 Å². The molecule has 0 saturated heterocycles. The summed E-state index contributed by atoms with van der Waals surface area (Å²) in [6.45, 7) is 0.583. The van der Waals surface area contributed by atoms with Gasteiger partial charge in [0.2, 0.25) is 0 Å². The van der Waals surface area contributed by atoms with Gasteiger partial charge in [0.15, 0.2) is 11.5 Å². The molecule has 0 saturated carbocycles. The second-order valence-electron chi connectivity index (χ2n) is 5.64. The van der Waals surface area contributed by atoms with E-state index in [4.69, 9.17) is 21.2 Å². The Morgan fingerprint density at radius 2 is 1.88 bits per heavy atom. The lowest BCUT2D eigenvalue weighted by Crippen LogP contribution is -2.01. The first-order valence-electron chi connectivity index (χ1n) is 7.88. The summed E-state index contributed by atoms with van der Waals surface area (Å²) in [4.78, 5) is 4.32. The van der Waals surface area contributed by atoms with Gasteiger partial charge < -0.3 is 9.63 Å². The van der Waals surface area contributed by atoms with Crippen molar-refractivity contribution in [1.29, 1.82) is 0 Å². The molecule has 25 heavy (non-hydrogen) atoms. The fourth-order valence-electron chi connectivity index (χ4n) is 2.72. The maximum Gasteiger partial charge on any atom is 0.279 e. The highest BCUT2D eigenvalue weighted by molar-refractivity contribution is 6.30. The number of aromatic nitrogens is 4. The molecule has 0 radical (unpaired) electrons. The van der Waals surface area contributed by atoms with Crippen LogP contribution < -0.4 is 0 Å². The van der Waals surface area contributed by atoms with Crippen molar-refractivity contribution in [3.05, 3.63) is 64.9 Å². The minimum atomic E-state index is -0.0231. The zero-order valence-electron chi connectivity index (χ0n) is 13.3. The summed E-state index contributed by atoms with van der Waals surface area (Å²) in [6.07, 6.45) is 0.354. The van der Waals surface area contributed by atoms with E-state index in [1.165, 1.54) is 0 Å². The molecule has 1 N–H and O–H groups in total. The van der Waals surface area contributed by atoms with E-state index in [0.29, 0.717) is 35.4 Å². The lowest BCUT2D eigenvalue weighted by Gasteiger charge is -2.03. The normalized spacial score (nSPS) is 11.3. The lowest BCUT2D eigenvalue weighted by atomic mass is 10.2. The number of fused-ring (bicyclic) bond motifs is 1. The van der Waals surface area contributed by atoms with Crippen molar-refractivity contribution in [2.24, 2.45) is 0 Å². The third-order valence-electron chi connectivity index (χ3n) is 3.91. The Morgan fingerprint density at radius 1 is 1.08 bits per heavy atom. The van der Waals surface area contributed by atoms with Crippen molar-refractivity contribution < 1.29 is 9.63 Å². The molecule has 7 heteroatoms. The van der Waals surface area contributed by atoms with Crippen LogP contribution in [0.15, 0.2) is 53.1 Å². The Morgan fingerprint density at radius 3 is 2.68 bits per heavy atom. The number of aliphatic hydroxyl groups excluding tert-OH is 1. The van der Waals surface area contributed by atoms with Crippen LogP contribution in [0.3, 0.4) is 0 Å². The minimum Gasteiger partial charge on any atom is -0.396 e. The predicted molar refractivity (Wildman–Crippen MR) is 94.4 cm³/mol. The van der Waals surface area contributed by atoms with Crippen LogP contribution in [0.1, 0.15) is 11.4 Å². The van der Waals surface area contributed by atoms with E-state index < -0.39 is 0 Å². The average Bonchev–Trinajstić information content (AvgIpc) is 3.22. The van der Waals surface area contributed by atoms with E-state index in [1.54, 1.807) is 0 Å². The lowest BCUT2D eigenvalue weighted by molar-refractivity contribution is 0.293. The van der Waals surface area contributed by atoms with Crippen LogP contribution in [0.4, 0.5) is 0 Å². The van der Waals surface area contributed by atoms with Gasteiger partial charge >= 0.3 is 0 Å². The first-order valence-corrected chi connectivity index (χ1v) is 8.26. The minimum absolute atomic E-state index is 0.0231. The molecule has 2 aromatic heterocycles. The molecule has 4 aromatic rings. The Bertz CT molecular complexity index is 1010. The number of hydrogen-bond acceptors (Lipinski definition) is 5. The maximum absolute atomic E-state index is 9.01. The summed E-state index contributed by atoms with van der Waals surface area (Å²) in [7, 11) is 0. The molecule has 0 unspecified atom stereocenters. The number of aliphatic hydroxyl groups is 1. The molecule has 0 aliphatic rings. The van der Waals surface area contributed by atoms with Gasteiger partial charge in [0, 0.05) is 16.8 Å². The number of rotatable bonds is 5. The molecule has 0 amide bonds. The van der Waals surface area contributed by atoms with Gasteiger partial charge in [0.05, 0.1) is 18.7 Å². The van der Waals surface area contributed by atoms with Crippen molar-refractivity contribution in [2.75, 3.05) is 6.61 Å². The molecule has 0 fully saturated rings. The quantitative estimate of drug-likeness (QED) is 0.595.